The van der Waals surface area contributed by atoms with Gasteiger partial charge in [0.2, 0.25) is 5.91 Å². The average molecular weight is 604 g/mol. The van der Waals surface area contributed by atoms with Crippen molar-refractivity contribution >= 4 is 23.5 Å². The fraction of sp³-hybridized carbons (Fsp3) is 0.438. The number of hydrogen-bond donors (Lipinski definition) is 2. The summed E-state index contributed by atoms with van der Waals surface area (Å²) in [6, 6.07) is 13.7. The van der Waals surface area contributed by atoms with Gasteiger partial charge in [0.1, 0.15) is 40.3 Å². The molecule has 3 aromatic rings. The number of ether oxygens (including phenoxy) is 2. The number of piperidine rings is 1. The summed E-state index contributed by atoms with van der Waals surface area (Å²) in [4.78, 5) is 29.0. The van der Waals surface area contributed by atoms with E-state index in [1.54, 1.807) is 21.7 Å². The lowest BCUT2D eigenvalue weighted by molar-refractivity contribution is -0.115. The number of methoxy groups -OCH3 is 1. The lowest BCUT2D eigenvalue weighted by Crippen LogP contribution is -2.62. The number of rotatable bonds is 7. The molecule has 0 aliphatic carbocycles. The molecule has 2 aliphatic heterocycles. The summed E-state index contributed by atoms with van der Waals surface area (Å²) in [6.45, 7) is 8.58. The summed E-state index contributed by atoms with van der Waals surface area (Å²) in [5.41, 5.74) is 8.47. The Morgan fingerprint density at radius 3 is 2.41 bits per heavy atom. The van der Waals surface area contributed by atoms with Crippen molar-refractivity contribution in [3.63, 3.8) is 0 Å². The van der Waals surface area contributed by atoms with Gasteiger partial charge in [0, 0.05) is 43.9 Å². The predicted molar refractivity (Wildman–Crippen MR) is 164 cm³/mol. The second-order valence-electron chi connectivity index (χ2n) is 12.2. The molecule has 2 amide bonds. The van der Waals surface area contributed by atoms with E-state index in [0.717, 1.165) is 37.1 Å². The van der Waals surface area contributed by atoms with Crippen molar-refractivity contribution in [1.82, 2.24) is 19.6 Å². The second-order valence-corrected chi connectivity index (χ2v) is 12.2. The van der Waals surface area contributed by atoms with Crippen LogP contribution in [0.25, 0.3) is 11.3 Å². The number of nitrogens with one attached hydrogen (secondary N) is 1. The summed E-state index contributed by atoms with van der Waals surface area (Å²) in [6.07, 6.45) is 1.44. The third-order valence-electron chi connectivity index (χ3n) is 7.96. The number of carbonyl (C=O) groups is 2. The third-order valence-corrected chi connectivity index (χ3v) is 7.96. The van der Waals surface area contributed by atoms with E-state index < -0.39 is 11.4 Å². The SMILES string of the molecule is COc1ccc(F)cc1NC(=O)Cc1ccc(-c2nn(C3CCN(C4CN(C(=O)OC(C)(C)C)C4)CC3)c(N)c2C#N)cc1. The van der Waals surface area contributed by atoms with Crippen LogP contribution in [0.5, 0.6) is 5.75 Å². The van der Waals surface area contributed by atoms with Gasteiger partial charge in [-0.1, -0.05) is 24.3 Å². The molecule has 0 bridgehead atoms. The molecule has 2 aromatic carbocycles. The Bertz CT molecular complexity index is 1560. The van der Waals surface area contributed by atoms with Crippen molar-refractivity contribution < 1.29 is 23.5 Å². The van der Waals surface area contributed by atoms with E-state index in [2.05, 4.69) is 16.3 Å². The van der Waals surface area contributed by atoms with Crippen LogP contribution < -0.4 is 15.8 Å². The fourth-order valence-corrected chi connectivity index (χ4v) is 5.63. The second kappa shape index (κ2) is 12.5. The van der Waals surface area contributed by atoms with Gasteiger partial charge in [0.05, 0.1) is 25.3 Å². The van der Waals surface area contributed by atoms with Crippen LogP contribution in [0.3, 0.4) is 0 Å². The highest BCUT2D eigenvalue weighted by Gasteiger charge is 2.39. The number of nitriles is 1. The van der Waals surface area contributed by atoms with Crippen LogP contribution in [0, 0.1) is 17.1 Å². The Balaban J connectivity index is 1.19. The minimum Gasteiger partial charge on any atom is -0.495 e. The lowest BCUT2D eigenvalue weighted by Gasteiger charge is -2.47. The number of amides is 2. The monoisotopic (exact) mass is 603 g/mol. The largest absolute Gasteiger partial charge is 0.495 e. The molecule has 0 unspecified atom stereocenters. The van der Waals surface area contributed by atoms with Crippen LogP contribution in [0.4, 0.5) is 20.7 Å². The number of likely N-dealkylation sites (tertiary alicyclic amines) is 2. The van der Waals surface area contributed by atoms with Gasteiger partial charge in [-0.15, -0.1) is 0 Å². The van der Waals surface area contributed by atoms with E-state index in [9.17, 15) is 19.2 Å². The van der Waals surface area contributed by atoms with Crippen LogP contribution in [0.15, 0.2) is 42.5 Å². The van der Waals surface area contributed by atoms with Crippen molar-refractivity contribution in [3.05, 3.63) is 59.4 Å². The molecule has 232 valence electrons. The molecule has 5 rings (SSSR count). The number of aromatic nitrogens is 2. The minimum absolute atomic E-state index is 0.0527. The molecular weight excluding hydrogens is 565 g/mol. The normalized spacial score (nSPS) is 16.2. The van der Waals surface area contributed by atoms with E-state index in [0.29, 0.717) is 42.0 Å². The molecule has 0 spiro atoms. The summed E-state index contributed by atoms with van der Waals surface area (Å²) in [7, 11) is 1.45. The van der Waals surface area contributed by atoms with Crippen molar-refractivity contribution in [2.75, 3.05) is 44.3 Å². The number of hydrogen-bond acceptors (Lipinski definition) is 8. The zero-order valence-electron chi connectivity index (χ0n) is 25.5. The third kappa shape index (κ3) is 6.78. The molecule has 12 heteroatoms. The minimum atomic E-state index is -0.510. The van der Waals surface area contributed by atoms with Gasteiger partial charge in [-0.2, -0.15) is 10.4 Å². The number of nitrogen functional groups attached to an aromatic ring is 1. The van der Waals surface area contributed by atoms with Gasteiger partial charge < -0.3 is 25.4 Å². The molecule has 1 aromatic heterocycles. The first-order chi connectivity index (χ1) is 21.0. The summed E-state index contributed by atoms with van der Waals surface area (Å²) in [5, 5.41) is 17.4. The van der Waals surface area contributed by atoms with E-state index in [1.165, 1.54) is 25.3 Å². The van der Waals surface area contributed by atoms with Crippen LogP contribution in [0.1, 0.15) is 50.8 Å². The topological polar surface area (TPSA) is 139 Å². The highest BCUT2D eigenvalue weighted by molar-refractivity contribution is 5.93. The van der Waals surface area contributed by atoms with Gasteiger partial charge in [-0.3, -0.25) is 9.69 Å². The van der Waals surface area contributed by atoms with Gasteiger partial charge in [0.15, 0.2) is 0 Å². The van der Waals surface area contributed by atoms with Crippen molar-refractivity contribution in [2.24, 2.45) is 0 Å². The molecule has 11 nitrogen and oxygen atoms in total. The Hall–Kier alpha value is -4.63. The molecule has 2 saturated heterocycles. The predicted octanol–water partition coefficient (Wildman–Crippen LogP) is 4.59. The maximum Gasteiger partial charge on any atom is 0.410 e. The first-order valence-corrected chi connectivity index (χ1v) is 14.7. The maximum atomic E-state index is 13.7. The van der Waals surface area contributed by atoms with Gasteiger partial charge >= 0.3 is 6.09 Å². The molecular formula is C32H38FN7O4. The maximum absolute atomic E-state index is 13.7. The summed E-state index contributed by atoms with van der Waals surface area (Å²) in [5.74, 6) is -0.0919. The smallest absolute Gasteiger partial charge is 0.410 e. The highest BCUT2D eigenvalue weighted by Crippen LogP contribution is 2.34. The van der Waals surface area contributed by atoms with Crippen molar-refractivity contribution in [2.45, 2.75) is 57.7 Å². The van der Waals surface area contributed by atoms with Gasteiger partial charge in [-0.25, -0.2) is 13.9 Å². The quantitative estimate of drug-likeness (QED) is 0.400. The van der Waals surface area contributed by atoms with E-state index >= 15 is 0 Å². The molecule has 0 radical (unpaired) electrons. The zero-order chi connectivity index (χ0) is 31.6. The molecule has 2 aliphatic rings. The number of anilines is 2. The summed E-state index contributed by atoms with van der Waals surface area (Å²) < 4.78 is 26.1. The highest BCUT2D eigenvalue weighted by atomic mass is 19.1. The molecule has 3 heterocycles. The van der Waals surface area contributed by atoms with Crippen LogP contribution >= 0.6 is 0 Å². The Morgan fingerprint density at radius 2 is 1.80 bits per heavy atom. The number of halogens is 1. The zero-order valence-corrected chi connectivity index (χ0v) is 25.5. The number of nitrogens with two attached hydrogens (primary N) is 1. The average Bonchev–Trinajstić information content (AvgIpc) is 3.28. The Kier molecular flexibility index (Phi) is 8.78. The Morgan fingerprint density at radius 1 is 1.11 bits per heavy atom. The van der Waals surface area contributed by atoms with Crippen LogP contribution in [-0.4, -0.2) is 76.5 Å². The van der Waals surface area contributed by atoms with Crippen molar-refractivity contribution in [1.29, 1.82) is 5.26 Å². The van der Waals surface area contributed by atoms with Crippen molar-refractivity contribution in [3.8, 4) is 23.1 Å². The van der Waals surface area contributed by atoms with E-state index in [4.69, 9.17) is 20.3 Å². The molecule has 0 atom stereocenters. The van der Waals surface area contributed by atoms with E-state index in [-0.39, 0.29) is 30.2 Å². The Labute approximate surface area is 256 Å². The standard InChI is InChI=1S/C32H38FN7O4/c1-32(2,3)44-31(42)39-18-24(19-39)38-13-11-23(12-14-38)40-30(35)25(17-34)29(37-40)21-7-5-20(6-8-21)15-28(41)36-26-16-22(33)9-10-27(26)43-4/h5-10,16,23-24H,11-15,18-19,35H2,1-4H3,(H,36,41). The molecule has 3 N–H and O–H groups in total. The summed E-state index contributed by atoms with van der Waals surface area (Å²) >= 11 is 0. The molecule has 44 heavy (non-hydrogen) atoms. The van der Waals surface area contributed by atoms with Gasteiger partial charge in [0.25, 0.3) is 0 Å². The molecule has 2 fully saturated rings. The van der Waals surface area contributed by atoms with Crippen LogP contribution in [0.2, 0.25) is 0 Å². The molecule has 0 saturated carbocycles. The number of carbonyl (C=O) groups excluding carboxylic acids is 2. The first kappa shape index (κ1) is 30.8. The van der Waals surface area contributed by atoms with Gasteiger partial charge in [-0.05, 0) is 51.3 Å². The fourth-order valence-electron chi connectivity index (χ4n) is 5.63. The number of nitrogens with zero attached hydrogens (tertiary/aromatic N) is 5. The lowest BCUT2D eigenvalue weighted by atomic mass is 10.00. The van der Waals surface area contributed by atoms with Crippen LogP contribution in [-0.2, 0) is 16.0 Å². The van der Waals surface area contributed by atoms with E-state index in [1.807, 2.05) is 32.9 Å². The first-order valence-electron chi connectivity index (χ1n) is 14.7. The number of benzene rings is 2.